The Hall–Kier alpha value is -0.530. The van der Waals surface area contributed by atoms with Crippen LogP contribution in [0.25, 0.3) is 0 Å². The van der Waals surface area contributed by atoms with Gasteiger partial charge in [0.1, 0.15) is 6.10 Å². The van der Waals surface area contributed by atoms with Gasteiger partial charge in [0, 0.05) is 17.2 Å². The molecule has 0 aromatic heterocycles. The minimum atomic E-state index is -4.06. The fraction of sp³-hybridized carbons (Fsp3) is 0.833. The molecule has 0 aliphatic rings. The first-order valence-corrected chi connectivity index (χ1v) is 6.09. The molecule has 6 nitrogen and oxygen atoms in total. The zero-order chi connectivity index (χ0) is 11.4. The molecule has 0 saturated heterocycles. The van der Waals surface area contributed by atoms with Crippen LogP contribution in [0.2, 0.25) is 0 Å². The number of likely N-dealkylation sites (N-methyl/N-ethyl adjacent to an activating group) is 1. The Morgan fingerprint density at radius 2 is 2.07 bits per heavy atom. The van der Waals surface area contributed by atoms with Gasteiger partial charge in [-0.05, 0) is 21.0 Å². The standard InChI is InChI=1S/C6H13ClN2O4S/c1-5(4-9(2)3)13-6(10)8-14(7,11)12/h5H,4H2,1-3H3,(H,8,10)/t5-/m1/s1. The van der Waals surface area contributed by atoms with Gasteiger partial charge >= 0.3 is 15.3 Å². The first-order valence-electron chi connectivity index (χ1n) is 3.78. The molecule has 0 aromatic rings. The molecule has 84 valence electrons. The smallest absolute Gasteiger partial charge is 0.422 e. The molecule has 0 spiro atoms. The average Bonchev–Trinajstić information content (AvgIpc) is 1.77. The summed E-state index contributed by atoms with van der Waals surface area (Å²) in [5.41, 5.74) is 0. The van der Waals surface area contributed by atoms with E-state index in [1.54, 1.807) is 25.9 Å². The maximum Gasteiger partial charge on any atom is 0.422 e. The monoisotopic (exact) mass is 244 g/mol. The molecular formula is C6H13ClN2O4S. The third-order valence-electron chi connectivity index (χ3n) is 1.14. The van der Waals surface area contributed by atoms with Gasteiger partial charge in [-0.3, -0.25) is 0 Å². The summed E-state index contributed by atoms with van der Waals surface area (Å²) in [5, 5.41) is 0. The van der Waals surface area contributed by atoms with Crippen LogP contribution in [0.1, 0.15) is 6.92 Å². The van der Waals surface area contributed by atoms with Crippen LogP contribution < -0.4 is 4.72 Å². The van der Waals surface area contributed by atoms with Gasteiger partial charge < -0.3 is 9.64 Å². The Kier molecular flexibility index (Phi) is 5.17. The van der Waals surface area contributed by atoms with E-state index in [0.29, 0.717) is 6.54 Å². The van der Waals surface area contributed by atoms with Gasteiger partial charge in [-0.25, -0.2) is 9.52 Å². The predicted molar refractivity (Wildman–Crippen MR) is 52.4 cm³/mol. The summed E-state index contributed by atoms with van der Waals surface area (Å²) in [6, 6.07) is 0. The number of halogens is 1. The summed E-state index contributed by atoms with van der Waals surface area (Å²) in [6.45, 7) is 2.14. The highest BCUT2D eigenvalue weighted by molar-refractivity contribution is 8.12. The van der Waals surface area contributed by atoms with Crippen molar-refractivity contribution in [1.82, 2.24) is 9.62 Å². The predicted octanol–water partition coefficient (Wildman–Crippen LogP) is 0.146. The van der Waals surface area contributed by atoms with Crippen molar-refractivity contribution in [3.05, 3.63) is 0 Å². The van der Waals surface area contributed by atoms with Gasteiger partial charge in [-0.2, -0.15) is 8.42 Å². The quantitative estimate of drug-likeness (QED) is 0.713. The fourth-order valence-electron chi connectivity index (χ4n) is 0.858. The summed E-state index contributed by atoms with van der Waals surface area (Å²) in [4.78, 5) is 12.6. The molecule has 1 amide bonds. The first-order chi connectivity index (χ1) is 6.20. The lowest BCUT2D eigenvalue weighted by molar-refractivity contribution is 0.0958. The van der Waals surface area contributed by atoms with Gasteiger partial charge in [-0.1, -0.05) is 0 Å². The Labute approximate surface area is 87.7 Å². The van der Waals surface area contributed by atoms with Crippen LogP contribution >= 0.6 is 10.7 Å². The minimum absolute atomic E-state index is 0.414. The summed E-state index contributed by atoms with van der Waals surface area (Å²) in [7, 11) is 4.31. The second-order valence-electron chi connectivity index (χ2n) is 3.02. The zero-order valence-corrected chi connectivity index (χ0v) is 9.72. The maximum atomic E-state index is 10.8. The molecule has 0 aliphatic heterocycles. The molecule has 8 heteroatoms. The lowest BCUT2D eigenvalue weighted by Crippen LogP contribution is -2.34. The normalized spacial score (nSPS) is 13.8. The van der Waals surface area contributed by atoms with E-state index in [0.717, 1.165) is 0 Å². The largest absolute Gasteiger partial charge is 0.444 e. The second-order valence-corrected chi connectivity index (χ2v) is 5.32. The number of hydrogen-bond donors (Lipinski definition) is 1. The van der Waals surface area contributed by atoms with Crippen LogP contribution in [-0.2, 0) is 14.0 Å². The molecule has 0 unspecified atom stereocenters. The Morgan fingerprint density at radius 1 is 1.57 bits per heavy atom. The maximum absolute atomic E-state index is 10.8. The number of ether oxygens (including phenoxy) is 1. The van der Waals surface area contributed by atoms with E-state index in [1.165, 1.54) is 4.72 Å². The number of carbonyl (C=O) groups is 1. The number of rotatable bonds is 4. The highest BCUT2D eigenvalue weighted by Gasteiger charge is 2.15. The Balaban J connectivity index is 3.95. The van der Waals surface area contributed by atoms with Crippen LogP contribution in [0.4, 0.5) is 4.79 Å². The van der Waals surface area contributed by atoms with E-state index in [1.807, 2.05) is 0 Å². The Morgan fingerprint density at radius 3 is 2.43 bits per heavy atom. The molecule has 0 heterocycles. The van der Waals surface area contributed by atoms with E-state index in [4.69, 9.17) is 10.7 Å². The molecule has 14 heavy (non-hydrogen) atoms. The van der Waals surface area contributed by atoms with Crippen molar-refractivity contribution in [2.45, 2.75) is 13.0 Å². The lowest BCUT2D eigenvalue weighted by atomic mass is 10.4. The molecule has 0 fully saturated rings. The molecular weight excluding hydrogens is 232 g/mol. The highest BCUT2D eigenvalue weighted by atomic mass is 35.7. The van der Waals surface area contributed by atoms with Gasteiger partial charge in [0.25, 0.3) is 0 Å². The zero-order valence-electron chi connectivity index (χ0n) is 8.15. The van der Waals surface area contributed by atoms with Crippen molar-refractivity contribution in [2.75, 3.05) is 20.6 Å². The van der Waals surface area contributed by atoms with Crippen LogP contribution in [-0.4, -0.2) is 46.2 Å². The van der Waals surface area contributed by atoms with Gasteiger partial charge in [0.15, 0.2) is 0 Å². The molecule has 1 N–H and O–H groups in total. The minimum Gasteiger partial charge on any atom is -0.444 e. The molecule has 0 rings (SSSR count). The highest BCUT2D eigenvalue weighted by Crippen LogP contribution is 1.96. The molecule has 0 saturated carbocycles. The van der Waals surface area contributed by atoms with E-state index in [9.17, 15) is 13.2 Å². The second kappa shape index (κ2) is 5.38. The topological polar surface area (TPSA) is 75.7 Å². The van der Waals surface area contributed by atoms with Crippen molar-refractivity contribution in [1.29, 1.82) is 0 Å². The van der Waals surface area contributed by atoms with Gasteiger partial charge in [-0.15, -0.1) is 0 Å². The Bertz CT molecular complexity index is 290. The molecule has 0 bridgehead atoms. The molecule has 0 aliphatic carbocycles. The van der Waals surface area contributed by atoms with Crippen molar-refractivity contribution in [3.8, 4) is 0 Å². The summed E-state index contributed by atoms with van der Waals surface area (Å²) < 4.78 is 26.9. The van der Waals surface area contributed by atoms with E-state index < -0.39 is 21.4 Å². The van der Waals surface area contributed by atoms with Crippen molar-refractivity contribution in [3.63, 3.8) is 0 Å². The number of carbonyl (C=O) groups excluding carboxylic acids is 1. The van der Waals surface area contributed by atoms with E-state index >= 15 is 0 Å². The van der Waals surface area contributed by atoms with Crippen LogP contribution in [0, 0.1) is 0 Å². The van der Waals surface area contributed by atoms with Gasteiger partial charge in [0.2, 0.25) is 0 Å². The van der Waals surface area contributed by atoms with Crippen LogP contribution in [0.15, 0.2) is 0 Å². The number of hydrogen-bond acceptors (Lipinski definition) is 5. The summed E-state index contributed by atoms with van der Waals surface area (Å²) in [5.74, 6) is 0. The average molecular weight is 245 g/mol. The summed E-state index contributed by atoms with van der Waals surface area (Å²) >= 11 is 0. The SMILES string of the molecule is C[C@H](CN(C)C)OC(=O)NS(=O)(=O)Cl. The molecule has 0 radical (unpaired) electrons. The number of nitrogens with zero attached hydrogens (tertiary/aromatic N) is 1. The van der Waals surface area contributed by atoms with E-state index in [-0.39, 0.29) is 0 Å². The van der Waals surface area contributed by atoms with Gasteiger partial charge in [0.05, 0.1) is 0 Å². The van der Waals surface area contributed by atoms with Crippen molar-refractivity contribution >= 4 is 26.0 Å². The van der Waals surface area contributed by atoms with Crippen LogP contribution in [0.3, 0.4) is 0 Å². The van der Waals surface area contributed by atoms with Crippen molar-refractivity contribution in [2.24, 2.45) is 0 Å². The summed E-state index contributed by atoms with van der Waals surface area (Å²) in [6.07, 6.45) is -1.49. The van der Waals surface area contributed by atoms with Crippen molar-refractivity contribution < 1.29 is 17.9 Å². The third-order valence-corrected chi connectivity index (χ3v) is 1.78. The first kappa shape index (κ1) is 13.5. The number of nitrogens with one attached hydrogen (secondary N) is 1. The number of amides is 1. The molecule has 0 aromatic carbocycles. The molecule has 1 atom stereocenters. The fourth-order valence-corrected chi connectivity index (χ4v) is 1.29. The lowest BCUT2D eigenvalue weighted by Gasteiger charge is -2.16. The van der Waals surface area contributed by atoms with Crippen LogP contribution in [0.5, 0.6) is 0 Å². The third kappa shape index (κ3) is 8.09. The van der Waals surface area contributed by atoms with E-state index in [2.05, 4.69) is 4.74 Å².